The van der Waals surface area contributed by atoms with Gasteiger partial charge < -0.3 is 20.9 Å². The van der Waals surface area contributed by atoms with Crippen LogP contribution in [-0.4, -0.2) is 21.9 Å². The van der Waals surface area contributed by atoms with E-state index < -0.39 is 34.5 Å². The summed E-state index contributed by atoms with van der Waals surface area (Å²) in [7, 11) is 0. The molecule has 2 aromatic heterocycles. The Morgan fingerprint density at radius 3 is 2.35 bits per heavy atom. The van der Waals surface area contributed by atoms with Gasteiger partial charge in [0.05, 0.1) is 28.0 Å². The van der Waals surface area contributed by atoms with E-state index in [4.69, 9.17) is 11.6 Å². The van der Waals surface area contributed by atoms with Crippen molar-refractivity contribution in [2.75, 3.05) is 16.0 Å². The number of carbonyl (C=O) groups excluding carboxylic acids is 2. The molecule has 0 spiro atoms. The molecule has 0 radical (unpaired) electrons. The molecule has 4 rings (SSSR count). The van der Waals surface area contributed by atoms with E-state index in [-0.39, 0.29) is 16.9 Å². The van der Waals surface area contributed by atoms with Crippen molar-refractivity contribution in [1.82, 2.24) is 9.97 Å². The van der Waals surface area contributed by atoms with Gasteiger partial charge in [-0.1, -0.05) is 11.6 Å². The van der Waals surface area contributed by atoms with Crippen molar-refractivity contribution in [2.24, 2.45) is 0 Å². The first-order valence-electron chi connectivity index (χ1n) is 9.59. The van der Waals surface area contributed by atoms with E-state index >= 15 is 0 Å². The largest absolute Gasteiger partial charge is 0.417 e. The van der Waals surface area contributed by atoms with Crippen molar-refractivity contribution in [3.63, 3.8) is 0 Å². The molecule has 0 unspecified atom stereocenters. The molecule has 174 valence electrons. The number of nitrogens with zero attached hydrogens (tertiary/aromatic N) is 1. The molecule has 0 fully saturated rings. The molecule has 4 N–H and O–H groups in total. The molecule has 0 aliphatic carbocycles. The van der Waals surface area contributed by atoms with Crippen LogP contribution in [0.1, 0.15) is 15.9 Å². The Bertz CT molecular complexity index is 1400. The first-order chi connectivity index (χ1) is 16.1. The third kappa shape index (κ3) is 5.09. The number of benzene rings is 2. The number of fused-ring (bicyclic) bond motifs is 1. The SMILES string of the molecule is O=C(Nc1ccc(F)c(C(=O)Nc2cnc3[nH]ccc3c2)c1)Nc1ccc(Cl)c(C(F)(F)F)c1. The average Bonchev–Trinajstić information content (AvgIpc) is 3.23. The van der Waals surface area contributed by atoms with Crippen molar-refractivity contribution in [2.45, 2.75) is 6.18 Å². The van der Waals surface area contributed by atoms with Crippen LogP contribution in [-0.2, 0) is 6.18 Å². The molecule has 4 aromatic rings. The summed E-state index contributed by atoms with van der Waals surface area (Å²) >= 11 is 5.56. The maximum absolute atomic E-state index is 14.3. The second-order valence-electron chi connectivity index (χ2n) is 7.06. The van der Waals surface area contributed by atoms with E-state index in [2.05, 4.69) is 25.9 Å². The number of nitrogens with one attached hydrogen (secondary N) is 4. The Balaban J connectivity index is 1.47. The highest BCUT2D eigenvalue weighted by Crippen LogP contribution is 2.36. The van der Waals surface area contributed by atoms with Gasteiger partial charge in [-0.2, -0.15) is 13.2 Å². The molecular weight excluding hydrogens is 478 g/mol. The number of aromatic amines is 1. The first kappa shape index (κ1) is 23.1. The average molecular weight is 492 g/mol. The van der Waals surface area contributed by atoms with Crippen LogP contribution in [0.2, 0.25) is 5.02 Å². The Labute approximate surface area is 194 Å². The minimum Gasteiger partial charge on any atom is -0.346 e. The summed E-state index contributed by atoms with van der Waals surface area (Å²) in [6.07, 6.45) is -1.63. The van der Waals surface area contributed by atoms with Crippen molar-refractivity contribution in [3.05, 3.63) is 82.9 Å². The molecular formula is C22H14ClF4N5O2. The zero-order valence-corrected chi connectivity index (χ0v) is 17.7. The first-order valence-corrected chi connectivity index (χ1v) is 9.97. The fourth-order valence-electron chi connectivity index (χ4n) is 3.10. The molecule has 0 saturated heterocycles. The van der Waals surface area contributed by atoms with Gasteiger partial charge in [-0.3, -0.25) is 4.79 Å². The van der Waals surface area contributed by atoms with Crippen molar-refractivity contribution in [3.8, 4) is 0 Å². The summed E-state index contributed by atoms with van der Waals surface area (Å²) < 4.78 is 53.3. The second-order valence-corrected chi connectivity index (χ2v) is 7.47. The summed E-state index contributed by atoms with van der Waals surface area (Å²) in [6, 6.07) is 8.62. The lowest BCUT2D eigenvalue weighted by Gasteiger charge is -2.13. The third-order valence-electron chi connectivity index (χ3n) is 4.66. The van der Waals surface area contributed by atoms with E-state index in [9.17, 15) is 27.2 Å². The van der Waals surface area contributed by atoms with Gasteiger partial charge in [-0.25, -0.2) is 14.2 Å². The van der Waals surface area contributed by atoms with Crippen molar-refractivity contribution in [1.29, 1.82) is 0 Å². The number of carbonyl (C=O) groups is 2. The van der Waals surface area contributed by atoms with Gasteiger partial charge in [0.15, 0.2) is 0 Å². The minimum absolute atomic E-state index is 0.0354. The Morgan fingerprint density at radius 2 is 1.62 bits per heavy atom. The minimum atomic E-state index is -4.70. The Kier molecular flexibility index (Phi) is 6.12. The number of pyridine rings is 1. The highest BCUT2D eigenvalue weighted by atomic mass is 35.5. The lowest BCUT2D eigenvalue weighted by molar-refractivity contribution is -0.137. The van der Waals surface area contributed by atoms with Crippen molar-refractivity contribution >= 4 is 51.6 Å². The molecule has 12 heteroatoms. The molecule has 7 nitrogen and oxygen atoms in total. The smallest absolute Gasteiger partial charge is 0.346 e. The van der Waals surface area contributed by atoms with Gasteiger partial charge in [0.2, 0.25) is 0 Å². The van der Waals surface area contributed by atoms with Crippen LogP contribution < -0.4 is 16.0 Å². The predicted octanol–water partition coefficient (Wildman–Crippen LogP) is 6.27. The van der Waals surface area contributed by atoms with Crippen LogP contribution in [0.25, 0.3) is 11.0 Å². The summed E-state index contributed by atoms with van der Waals surface area (Å²) in [5.41, 5.74) is -0.659. The zero-order chi connectivity index (χ0) is 24.5. The fraction of sp³-hybridized carbons (Fsp3) is 0.0455. The van der Waals surface area contributed by atoms with Crippen LogP contribution in [0.15, 0.2) is 60.9 Å². The molecule has 3 amide bonds. The highest BCUT2D eigenvalue weighted by molar-refractivity contribution is 6.31. The van der Waals surface area contributed by atoms with Gasteiger partial charge in [-0.15, -0.1) is 0 Å². The van der Waals surface area contributed by atoms with Gasteiger partial charge in [-0.05, 0) is 48.5 Å². The monoisotopic (exact) mass is 491 g/mol. The van der Waals surface area contributed by atoms with E-state index in [0.717, 1.165) is 23.6 Å². The fourth-order valence-corrected chi connectivity index (χ4v) is 3.32. The number of hydrogen-bond acceptors (Lipinski definition) is 3. The van der Waals surface area contributed by atoms with Gasteiger partial charge in [0, 0.05) is 23.0 Å². The van der Waals surface area contributed by atoms with E-state index in [1.54, 1.807) is 18.3 Å². The number of halogens is 5. The molecule has 0 bridgehead atoms. The maximum atomic E-state index is 14.3. The summed E-state index contributed by atoms with van der Waals surface area (Å²) in [6.45, 7) is 0. The number of aromatic nitrogens is 2. The van der Waals surface area contributed by atoms with Gasteiger partial charge in [0.25, 0.3) is 5.91 Å². The van der Waals surface area contributed by atoms with Crippen molar-refractivity contribution < 1.29 is 27.2 Å². The quantitative estimate of drug-likeness (QED) is 0.253. The molecule has 34 heavy (non-hydrogen) atoms. The summed E-state index contributed by atoms with van der Waals surface area (Å²) in [5, 5.41) is 7.32. The number of anilines is 3. The summed E-state index contributed by atoms with van der Waals surface area (Å²) in [4.78, 5) is 31.8. The van der Waals surface area contributed by atoms with Crippen LogP contribution in [0, 0.1) is 5.82 Å². The number of alkyl halides is 3. The van der Waals surface area contributed by atoms with Crippen LogP contribution in [0.5, 0.6) is 0 Å². The third-order valence-corrected chi connectivity index (χ3v) is 4.99. The second kappa shape index (κ2) is 9.02. The number of H-pyrrole nitrogens is 1. The standard InChI is InChI=1S/C22H14ClF4N5O2/c23-17-3-1-13(9-16(17)22(25,26)27)32-21(34)31-12-2-4-18(24)15(8-12)20(33)30-14-7-11-5-6-28-19(11)29-10-14/h1-10H,(H,28,29)(H,30,33)(H2,31,32,34). The molecule has 2 aromatic carbocycles. The molecule has 0 aliphatic rings. The number of amides is 3. The predicted molar refractivity (Wildman–Crippen MR) is 120 cm³/mol. The number of hydrogen-bond donors (Lipinski definition) is 4. The number of urea groups is 1. The highest BCUT2D eigenvalue weighted by Gasteiger charge is 2.33. The molecule has 2 heterocycles. The van der Waals surface area contributed by atoms with Crippen LogP contribution in [0.4, 0.5) is 39.4 Å². The van der Waals surface area contributed by atoms with E-state index in [1.165, 1.54) is 18.3 Å². The zero-order valence-electron chi connectivity index (χ0n) is 16.9. The summed E-state index contributed by atoms with van der Waals surface area (Å²) in [5.74, 6) is -1.63. The van der Waals surface area contributed by atoms with E-state index in [1.807, 2.05) is 0 Å². The van der Waals surface area contributed by atoms with Crippen LogP contribution in [0.3, 0.4) is 0 Å². The number of rotatable bonds is 4. The molecule has 0 saturated carbocycles. The molecule has 0 aliphatic heterocycles. The molecule has 0 atom stereocenters. The Morgan fingerprint density at radius 1 is 0.912 bits per heavy atom. The van der Waals surface area contributed by atoms with E-state index in [0.29, 0.717) is 17.4 Å². The Hall–Kier alpha value is -4.12. The van der Waals surface area contributed by atoms with Crippen LogP contribution >= 0.6 is 11.6 Å². The topological polar surface area (TPSA) is 98.9 Å². The maximum Gasteiger partial charge on any atom is 0.417 e. The van der Waals surface area contributed by atoms with Gasteiger partial charge >= 0.3 is 12.2 Å². The normalized spacial score (nSPS) is 11.3. The van der Waals surface area contributed by atoms with Gasteiger partial charge in [0.1, 0.15) is 11.5 Å². The lowest BCUT2D eigenvalue weighted by atomic mass is 10.1. The lowest BCUT2D eigenvalue weighted by Crippen LogP contribution is -2.21.